The van der Waals surface area contributed by atoms with Gasteiger partial charge in [0.15, 0.2) is 0 Å². The molecule has 0 radical (unpaired) electrons. The Morgan fingerprint density at radius 3 is 2.06 bits per heavy atom. The van der Waals surface area contributed by atoms with E-state index in [0.717, 1.165) is 0 Å². The van der Waals surface area contributed by atoms with Gasteiger partial charge in [0, 0.05) is 12.6 Å². The van der Waals surface area contributed by atoms with Gasteiger partial charge in [-0.25, -0.2) is 0 Å². The summed E-state index contributed by atoms with van der Waals surface area (Å²) in [6, 6.07) is 8.11. The molecule has 0 amide bonds. The predicted molar refractivity (Wildman–Crippen MR) is 67.3 cm³/mol. The van der Waals surface area contributed by atoms with E-state index >= 15 is 0 Å². The Kier molecular flexibility index (Phi) is 4.79. The quantitative estimate of drug-likeness (QED) is 0.849. The lowest BCUT2D eigenvalue weighted by molar-refractivity contribution is -0.140. The molecule has 0 aliphatic heterocycles. The molecule has 4 heteroatoms. The number of benzene rings is 1. The molecule has 0 bridgehead atoms. The number of halogens is 3. The van der Waals surface area contributed by atoms with Gasteiger partial charge in [0.1, 0.15) is 0 Å². The van der Waals surface area contributed by atoms with Gasteiger partial charge in [-0.1, -0.05) is 51.1 Å². The minimum Gasteiger partial charge on any atom is -0.309 e. The van der Waals surface area contributed by atoms with Crippen molar-refractivity contribution < 1.29 is 13.2 Å². The van der Waals surface area contributed by atoms with Gasteiger partial charge < -0.3 is 5.32 Å². The fourth-order valence-electron chi connectivity index (χ4n) is 1.65. The largest absolute Gasteiger partial charge is 0.390 e. The van der Waals surface area contributed by atoms with Crippen LogP contribution in [0.5, 0.6) is 0 Å². The summed E-state index contributed by atoms with van der Waals surface area (Å²) < 4.78 is 37.7. The van der Waals surface area contributed by atoms with Crippen molar-refractivity contribution >= 4 is 0 Å². The normalized spacial score (nSPS) is 14.6. The van der Waals surface area contributed by atoms with Crippen LogP contribution in [0, 0.1) is 5.41 Å². The molecule has 0 heterocycles. The first kappa shape index (κ1) is 15.0. The molecule has 102 valence electrons. The van der Waals surface area contributed by atoms with E-state index < -0.39 is 18.6 Å². The van der Waals surface area contributed by atoms with E-state index in [0.29, 0.717) is 12.1 Å². The van der Waals surface area contributed by atoms with Crippen LogP contribution in [-0.2, 0) is 0 Å². The monoisotopic (exact) mass is 259 g/mol. The average Bonchev–Trinajstić information content (AvgIpc) is 2.23. The number of nitrogens with one attached hydrogen (secondary N) is 1. The zero-order valence-electron chi connectivity index (χ0n) is 11.0. The third-order valence-corrected chi connectivity index (χ3v) is 2.52. The first-order chi connectivity index (χ1) is 8.17. The number of hydrogen-bond donors (Lipinski definition) is 1. The van der Waals surface area contributed by atoms with Crippen molar-refractivity contribution in [2.75, 3.05) is 6.54 Å². The van der Waals surface area contributed by atoms with Gasteiger partial charge in [-0.05, 0) is 11.0 Å². The Morgan fingerprint density at radius 1 is 1.06 bits per heavy atom. The molecule has 0 aliphatic rings. The maximum absolute atomic E-state index is 12.6. The van der Waals surface area contributed by atoms with E-state index in [1.165, 1.54) is 0 Å². The van der Waals surface area contributed by atoms with Crippen LogP contribution in [0.15, 0.2) is 30.3 Å². The summed E-state index contributed by atoms with van der Waals surface area (Å²) >= 11 is 0. The van der Waals surface area contributed by atoms with Gasteiger partial charge in [0.05, 0.1) is 6.42 Å². The van der Waals surface area contributed by atoms with Gasteiger partial charge in [0.25, 0.3) is 0 Å². The molecule has 0 saturated heterocycles. The van der Waals surface area contributed by atoms with Gasteiger partial charge in [-0.3, -0.25) is 0 Å². The lowest BCUT2D eigenvalue weighted by Crippen LogP contribution is -2.33. The van der Waals surface area contributed by atoms with Crippen LogP contribution in [0.4, 0.5) is 13.2 Å². The maximum Gasteiger partial charge on any atom is 0.390 e. The molecule has 0 fully saturated rings. The Hall–Kier alpha value is -1.03. The Balaban J connectivity index is 2.76. The van der Waals surface area contributed by atoms with E-state index in [9.17, 15) is 13.2 Å². The zero-order valence-corrected chi connectivity index (χ0v) is 11.0. The summed E-state index contributed by atoms with van der Waals surface area (Å²) in [5.74, 6) is 0. The maximum atomic E-state index is 12.6. The lowest BCUT2D eigenvalue weighted by atomic mass is 9.95. The van der Waals surface area contributed by atoms with E-state index in [1.807, 2.05) is 20.8 Å². The van der Waals surface area contributed by atoms with Crippen LogP contribution in [0.25, 0.3) is 0 Å². The molecule has 1 aromatic rings. The number of rotatable bonds is 4. The van der Waals surface area contributed by atoms with Crippen molar-refractivity contribution in [3.05, 3.63) is 35.9 Å². The molecule has 1 unspecified atom stereocenters. The third kappa shape index (κ3) is 6.05. The first-order valence-corrected chi connectivity index (χ1v) is 6.02. The molecular formula is C14H20F3N. The summed E-state index contributed by atoms with van der Waals surface area (Å²) in [4.78, 5) is 0. The Labute approximate surface area is 106 Å². The number of hydrogen-bond acceptors (Lipinski definition) is 1. The summed E-state index contributed by atoms with van der Waals surface area (Å²) in [7, 11) is 0. The minimum absolute atomic E-state index is 0.0430. The van der Waals surface area contributed by atoms with E-state index in [2.05, 4.69) is 5.32 Å². The van der Waals surface area contributed by atoms with Crippen LogP contribution >= 0.6 is 0 Å². The average molecular weight is 259 g/mol. The second kappa shape index (κ2) is 5.74. The zero-order chi connectivity index (χ0) is 13.8. The lowest BCUT2D eigenvalue weighted by Gasteiger charge is -2.26. The molecule has 0 saturated carbocycles. The van der Waals surface area contributed by atoms with E-state index in [1.54, 1.807) is 30.3 Å². The smallest absolute Gasteiger partial charge is 0.309 e. The van der Waals surface area contributed by atoms with Crippen molar-refractivity contribution in [1.29, 1.82) is 0 Å². The van der Waals surface area contributed by atoms with Crippen molar-refractivity contribution in [3.8, 4) is 0 Å². The summed E-state index contributed by atoms with van der Waals surface area (Å²) in [5, 5.41) is 3.01. The molecule has 0 aromatic heterocycles. The summed E-state index contributed by atoms with van der Waals surface area (Å²) in [6.45, 7) is 6.53. The van der Waals surface area contributed by atoms with Gasteiger partial charge >= 0.3 is 6.18 Å². The third-order valence-electron chi connectivity index (χ3n) is 2.52. The highest BCUT2D eigenvalue weighted by atomic mass is 19.4. The fourth-order valence-corrected chi connectivity index (χ4v) is 1.65. The second-order valence-electron chi connectivity index (χ2n) is 5.72. The van der Waals surface area contributed by atoms with Crippen LogP contribution in [0.2, 0.25) is 0 Å². The van der Waals surface area contributed by atoms with Crippen LogP contribution in [-0.4, -0.2) is 12.7 Å². The van der Waals surface area contributed by atoms with Crippen LogP contribution in [0.1, 0.15) is 38.8 Å². The molecule has 1 N–H and O–H groups in total. The predicted octanol–water partition coefficient (Wildman–Crippen LogP) is 4.32. The second-order valence-corrected chi connectivity index (χ2v) is 5.72. The molecule has 1 rings (SSSR count). The molecule has 1 aromatic carbocycles. The van der Waals surface area contributed by atoms with Crippen molar-refractivity contribution in [2.24, 2.45) is 5.41 Å². The standard InChI is InChI=1S/C14H20F3N/c1-13(2,3)10-18-12(9-14(15,16)17)11-7-5-4-6-8-11/h4-8,12,18H,9-10H2,1-3H3. The molecule has 0 aliphatic carbocycles. The Morgan fingerprint density at radius 2 is 1.61 bits per heavy atom. The summed E-state index contributed by atoms with van der Waals surface area (Å²) in [5.41, 5.74) is 0.637. The van der Waals surface area contributed by atoms with Crippen molar-refractivity contribution in [2.45, 2.75) is 39.4 Å². The molecular weight excluding hydrogens is 239 g/mol. The van der Waals surface area contributed by atoms with Crippen LogP contribution in [0.3, 0.4) is 0 Å². The van der Waals surface area contributed by atoms with Crippen molar-refractivity contribution in [3.63, 3.8) is 0 Å². The molecule has 18 heavy (non-hydrogen) atoms. The van der Waals surface area contributed by atoms with Gasteiger partial charge in [0.2, 0.25) is 0 Å². The summed E-state index contributed by atoms with van der Waals surface area (Å²) in [6.07, 6.45) is -5.00. The highest BCUT2D eigenvalue weighted by Crippen LogP contribution is 2.30. The highest BCUT2D eigenvalue weighted by Gasteiger charge is 2.32. The topological polar surface area (TPSA) is 12.0 Å². The molecule has 1 atom stereocenters. The van der Waals surface area contributed by atoms with Gasteiger partial charge in [-0.2, -0.15) is 13.2 Å². The first-order valence-electron chi connectivity index (χ1n) is 6.02. The molecule has 0 spiro atoms. The Bertz CT molecular complexity index is 352. The highest BCUT2D eigenvalue weighted by molar-refractivity contribution is 5.19. The minimum atomic E-state index is -4.16. The van der Waals surface area contributed by atoms with E-state index in [-0.39, 0.29) is 5.41 Å². The van der Waals surface area contributed by atoms with Crippen molar-refractivity contribution in [1.82, 2.24) is 5.32 Å². The van der Waals surface area contributed by atoms with E-state index in [4.69, 9.17) is 0 Å². The molecule has 1 nitrogen and oxygen atoms in total. The van der Waals surface area contributed by atoms with Gasteiger partial charge in [-0.15, -0.1) is 0 Å². The number of alkyl halides is 3. The SMILES string of the molecule is CC(C)(C)CNC(CC(F)(F)F)c1ccccc1. The fraction of sp³-hybridized carbons (Fsp3) is 0.571. The van der Waals surface area contributed by atoms with Crippen LogP contribution < -0.4 is 5.32 Å².